The molecule has 2 aromatic rings. The van der Waals surface area contributed by atoms with Crippen molar-refractivity contribution in [2.24, 2.45) is 5.84 Å². The van der Waals surface area contributed by atoms with E-state index in [9.17, 15) is 4.79 Å². The first kappa shape index (κ1) is 12.3. The number of hydrogen-bond acceptors (Lipinski definition) is 5. The lowest BCUT2D eigenvalue weighted by molar-refractivity contribution is 0.102. The largest absolute Gasteiger partial charge is 0.324 e. The van der Waals surface area contributed by atoms with Gasteiger partial charge in [-0.1, -0.05) is 11.6 Å². The summed E-state index contributed by atoms with van der Waals surface area (Å²) in [5.74, 6) is 5.13. The maximum atomic E-state index is 11.9. The summed E-state index contributed by atoms with van der Waals surface area (Å²) >= 11 is 5.88. The van der Waals surface area contributed by atoms with E-state index in [2.05, 4.69) is 20.7 Å². The van der Waals surface area contributed by atoms with Gasteiger partial charge in [0.15, 0.2) is 5.82 Å². The minimum atomic E-state index is -0.410. The maximum Gasteiger partial charge on any atom is 0.275 e. The number of halogens is 1. The van der Waals surface area contributed by atoms with Gasteiger partial charge in [-0.15, -0.1) is 0 Å². The van der Waals surface area contributed by atoms with Crippen molar-refractivity contribution in [3.63, 3.8) is 0 Å². The summed E-state index contributed by atoms with van der Waals surface area (Å²) < 4.78 is 0. The summed E-state index contributed by atoms with van der Waals surface area (Å²) in [6.45, 7) is 0. The van der Waals surface area contributed by atoms with Crippen molar-refractivity contribution in [1.29, 1.82) is 0 Å². The van der Waals surface area contributed by atoms with E-state index in [4.69, 9.17) is 17.4 Å². The Labute approximate surface area is 108 Å². The number of pyridine rings is 2. The van der Waals surface area contributed by atoms with Gasteiger partial charge < -0.3 is 10.7 Å². The van der Waals surface area contributed by atoms with Crippen LogP contribution in [0.3, 0.4) is 0 Å². The van der Waals surface area contributed by atoms with Gasteiger partial charge in [0.2, 0.25) is 0 Å². The summed E-state index contributed by atoms with van der Waals surface area (Å²) in [5.41, 5.74) is 3.24. The molecule has 0 aliphatic rings. The lowest BCUT2D eigenvalue weighted by Gasteiger charge is -2.06. The Bertz CT molecular complexity index is 575. The van der Waals surface area contributed by atoms with E-state index in [-0.39, 0.29) is 11.5 Å². The van der Waals surface area contributed by atoms with Gasteiger partial charge >= 0.3 is 0 Å². The molecule has 0 atom stereocenters. The minimum absolute atomic E-state index is 0.215. The van der Waals surface area contributed by atoms with E-state index in [1.54, 1.807) is 18.2 Å². The van der Waals surface area contributed by atoms with Gasteiger partial charge in [0.25, 0.3) is 5.91 Å². The summed E-state index contributed by atoms with van der Waals surface area (Å²) in [5, 5.41) is 2.92. The molecular weight excluding hydrogens is 254 g/mol. The number of nitrogens with two attached hydrogens (primary N) is 1. The highest BCUT2D eigenvalue weighted by Gasteiger charge is 2.10. The summed E-state index contributed by atoms with van der Waals surface area (Å²) in [4.78, 5) is 19.8. The molecule has 0 fully saturated rings. The number of rotatable bonds is 3. The van der Waals surface area contributed by atoms with Crippen molar-refractivity contribution in [2.75, 3.05) is 10.7 Å². The van der Waals surface area contributed by atoms with Crippen LogP contribution < -0.4 is 16.6 Å². The number of nitrogens with zero attached hydrogens (tertiary/aromatic N) is 2. The SMILES string of the molecule is NNc1ccnc(C(=O)Nc2ncccc2Cl)c1. The summed E-state index contributed by atoms with van der Waals surface area (Å²) in [6, 6.07) is 6.47. The van der Waals surface area contributed by atoms with E-state index in [0.29, 0.717) is 10.7 Å². The highest BCUT2D eigenvalue weighted by Crippen LogP contribution is 2.18. The van der Waals surface area contributed by atoms with Crippen LogP contribution in [0, 0.1) is 0 Å². The number of anilines is 2. The number of hydrogen-bond donors (Lipinski definition) is 3. The van der Waals surface area contributed by atoms with Gasteiger partial charge in [0.05, 0.1) is 10.7 Å². The fourth-order valence-corrected chi connectivity index (χ4v) is 1.46. The third-order valence-electron chi connectivity index (χ3n) is 2.15. The van der Waals surface area contributed by atoms with Crippen LogP contribution in [0.1, 0.15) is 10.5 Å². The molecule has 0 aromatic carbocycles. The molecular formula is C11H10ClN5O. The van der Waals surface area contributed by atoms with Crippen molar-refractivity contribution in [3.8, 4) is 0 Å². The second kappa shape index (κ2) is 5.44. The van der Waals surface area contributed by atoms with Crippen molar-refractivity contribution in [2.45, 2.75) is 0 Å². The second-order valence-corrected chi connectivity index (χ2v) is 3.77. The van der Waals surface area contributed by atoms with E-state index in [0.717, 1.165) is 0 Å². The maximum absolute atomic E-state index is 11.9. The van der Waals surface area contributed by atoms with Crippen molar-refractivity contribution < 1.29 is 4.79 Å². The highest BCUT2D eigenvalue weighted by molar-refractivity contribution is 6.33. The first-order valence-corrected chi connectivity index (χ1v) is 5.43. The molecule has 6 nitrogen and oxygen atoms in total. The van der Waals surface area contributed by atoms with E-state index in [1.165, 1.54) is 18.5 Å². The quantitative estimate of drug-likeness (QED) is 0.579. The molecule has 92 valence electrons. The van der Waals surface area contributed by atoms with Crippen LogP contribution >= 0.6 is 11.6 Å². The van der Waals surface area contributed by atoms with Crippen molar-refractivity contribution >= 4 is 29.0 Å². The average molecular weight is 264 g/mol. The Morgan fingerprint density at radius 2 is 2.11 bits per heavy atom. The van der Waals surface area contributed by atoms with Gasteiger partial charge in [-0.05, 0) is 24.3 Å². The monoisotopic (exact) mass is 263 g/mol. The molecule has 1 amide bonds. The Morgan fingerprint density at radius 3 is 2.83 bits per heavy atom. The third kappa shape index (κ3) is 2.73. The number of amides is 1. The van der Waals surface area contributed by atoms with Gasteiger partial charge in [-0.3, -0.25) is 15.6 Å². The molecule has 0 spiro atoms. The first-order valence-electron chi connectivity index (χ1n) is 5.05. The van der Waals surface area contributed by atoms with Crippen LogP contribution in [0.4, 0.5) is 11.5 Å². The van der Waals surface area contributed by atoms with Crippen LogP contribution in [-0.4, -0.2) is 15.9 Å². The molecule has 0 aliphatic carbocycles. The molecule has 4 N–H and O–H groups in total. The van der Waals surface area contributed by atoms with E-state index in [1.807, 2.05) is 0 Å². The Kier molecular flexibility index (Phi) is 3.71. The normalized spacial score (nSPS) is 9.89. The highest BCUT2D eigenvalue weighted by atomic mass is 35.5. The number of nitrogens with one attached hydrogen (secondary N) is 2. The number of nitrogen functional groups attached to an aromatic ring is 1. The Hall–Kier alpha value is -2.18. The average Bonchev–Trinajstić information content (AvgIpc) is 2.41. The first-order chi connectivity index (χ1) is 8.70. The molecule has 7 heteroatoms. The standard InChI is InChI=1S/C11H10ClN5O/c12-8-2-1-4-15-10(8)16-11(18)9-6-7(17-13)3-5-14-9/h1-6H,13H2,(H,14,17)(H,15,16,18). The van der Waals surface area contributed by atoms with E-state index < -0.39 is 5.91 Å². The zero-order valence-electron chi connectivity index (χ0n) is 9.22. The molecule has 2 aromatic heterocycles. The Balaban J connectivity index is 2.19. The van der Waals surface area contributed by atoms with Gasteiger partial charge in [0, 0.05) is 12.4 Å². The van der Waals surface area contributed by atoms with Gasteiger partial charge in [-0.25, -0.2) is 4.98 Å². The van der Waals surface area contributed by atoms with E-state index >= 15 is 0 Å². The molecule has 0 bridgehead atoms. The van der Waals surface area contributed by atoms with Gasteiger partial charge in [-0.2, -0.15) is 0 Å². The number of carbonyl (C=O) groups excluding carboxylic acids is 1. The zero-order chi connectivity index (χ0) is 13.0. The predicted molar refractivity (Wildman–Crippen MR) is 69.2 cm³/mol. The van der Waals surface area contributed by atoms with Crippen LogP contribution in [0.15, 0.2) is 36.7 Å². The van der Waals surface area contributed by atoms with Gasteiger partial charge in [0.1, 0.15) is 5.69 Å². The molecule has 0 radical (unpaired) electrons. The topological polar surface area (TPSA) is 92.9 Å². The molecule has 18 heavy (non-hydrogen) atoms. The fraction of sp³-hybridized carbons (Fsp3) is 0. The molecule has 0 saturated carbocycles. The van der Waals surface area contributed by atoms with Crippen LogP contribution in [0.25, 0.3) is 0 Å². The smallest absolute Gasteiger partial charge is 0.275 e. The van der Waals surface area contributed by atoms with Crippen LogP contribution in [0.2, 0.25) is 5.02 Å². The lowest BCUT2D eigenvalue weighted by atomic mass is 10.3. The molecule has 0 unspecified atom stereocenters. The third-order valence-corrected chi connectivity index (χ3v) is 2.45. The Morgan fingerprint density at radius 1 is 1.28 bits per heavy atom. The molecule has 0 saturated heterocycles. The number of carbonyl (C=O) groups is 1. The fourth-order valence-electron chi connectivity index (χ4n) is 1.29. The lowest BCUT2D eigenvalue weighted by Crippen LogP contribution is -2.16. The number of hydrazine groups is 1. The molecule has 0 aliphatic heterocycles. The summed E-state index contributed by atoms with van der Waals surface area (Å²) in [6.07, 6.45) is 3.01. The summed E-state index contributed by atoms with van der Waals surface area (Å²) in [7, 11) is 0. The van der Waals surface area contributed by atoms with Crippen LogP contribution in [-0.2, 0) is 0 Å². The second-order valence-electron chi connectivity index (χ2n) is 3.36. The van der Waals surface area contributed by atoms with Crippen molar-refractivity contribution in [3.05, 3.63) is 47.4 Å². The number of aromatic nitrogens is 2. The minimum Gasteiger partial charge on any atom is -0.324 e. The zero-order valence-corrected chi connectivity index (χ0v) is 9.98. The molecule has 2 heterocycles. The predicted octanol–water partition coefficient (Wildman–Crippen LogP) is 1.67. The molecule has 2 rings (SSSR count). The van der Waals surface area contributed by atoms with Crippen molar-refractivity contribution in [1.82, 2.24) is 9.97 Å². The van der Waals surface area contributed by atoms with Crippen LogP contribution in [0.5, 0.6) is 0 Å².